The van der Waals surface area contributed by atoms with Gasteiger partial charge in [-0.25, -0.2) is 8.42 Å². The van der Waals surface area contributed by atoms with Gasteiger partial charge in [-0.2, -0.15) is 5.26 Å². The lowest BCUT2D eigenvalue weighted by molar-refractivity contribution is 0.602. The van der Waals surface area contributed by atoms with Crippen LogP contribution in [0.15, 0.2) is 52.2 Å². The van der Waals surface area contributed by atoms with Gasteiger partial charge in [-0.15, -0.1) is 0 Å². The summed E-state index contributed by atoms with van der Waals surface area (Å²) in [7, 11) is -3.42. The highest BCUT2D eigenvalue weighted by Gasteiger charge is 2.27. The van der Waals surface area contributed by atoms with E-state index in [1.54, 1.807) is 24.3 Å². The average Bonchev–Trinajstić information content (AvgIpc) is 2.97. The van der Waals surface area contributed by atoms with Crippen molar-refractivity contribution in [3.8, 4) is 28.5 Å². The summed E-state index contributed by atoms with van der Waals surface area (Å²) in [4.78, 5) is 15.5. The fourth-order valence-electron chi connectivity index (χ4n) is 3.48. The number of hydrogen-bond donors (Lipinski definition) is 1. The monoisotopic (exact) mass is 396 g/mol. The van der Waals surface area contributed by atoms with E-state index in [-0.39, 0.29) is 10.5 Å². The molecular weight excluding hydrogens is 384 g/mol. The van der Waals surface area contributed by atoms with E-state index in [0.717, 1.165) is 22.9 Å². The molecule has 0 spiro atoms. The summed E-state index contributed by atoms with van der Waals surface area (Å²) < 4.78 is 23.9. The van der Waals surface area contributed by atoms with Gasteiger partial charge in [-0.3, -0.25) is 4.79 Å². The maximum absolute atomic E-state index is 12.6. The second kappa shape index (κ2) is 6.08. The Bertz CT molecular complexity index is 1320. The third-order valence-corrected chi connectivity index (χ3v) is 6.04. The van der Waals surface area contributed by atoms with E-state index in [1.165, 1.54) is 12.1 Å². The van der Waals surface area contributed by atoms with Gasteiger partial charge in [-0.1, -0.05) is 29.8 Å². The Balaban J connectivity index is 2.06. The molecule has 134 valence electrons. The number of nitriles is 1. The molecule has 5 nitrogen and oxygen atoms in total. The number of nitrogens with one attached hydrogen (secondary N) is 1. The summed E-state index contributed by atoms with van der Waals surface area (Å²) in [5, 5.41) is 10.1. The molecule has 0 fully saturated rings. The van der Waals surface area contributed by atoms with Crippen LogP contribution in [0.25, 0.3) is 22.4 Å². The molecule has 1 aromatic heterocycles. The van der Waals surface area contributed by atoms with Crippen LogP contribution < -0.4 is 5.56 Å². The van der Waals surface area contributed by atoms with E-state index in [0.29, 0.717) is 28.3 Å². The summed E-state index contributed by atoms with van der Waals surface area (Å²) in [5.41, 5.74) is 3.66. The van der Waals surface area contributed by atoms with Crippen LogP contribution in [0, 0.1) is 11.3 Å². The molecule has 1 aliphatic carbocycles. The quantitative estimate of drug-likeness (QED) is 0.561. The zero-order chi connectivity index (χ0) is 19.3. The van der Waals surface area contributed by atoms with Crippen LogP contribution in [-0.4, -0.2) is 19.7 Å². The molecule has 0 saturated heterocycles. The normalized spacial score (nSPS) is 12.3. The Labute approximate surface area is 160 Å². The minimum absolute atomic E-state index is 0.0293. The van der Waals surface area contributed by atoms with Gasteiger partial charge >= 0.3 is 0 Å². The summed E-state index contributed by atoms with van der Waals surface area (Å²) in [5.74, 6) is 0. The smallest absolute Gasteiger partial charge is 0.266 e. The number of benzene rings is 2. The Hall–Kier alpha value is -2.88. The number of rotatable bonds is 2. The lowest BCUT2D eigenvalue weighted by Crippen LogP contribution is -2.14. The number of nitrogens with zero attached hydrogens (tertiary/aromatic N) is 1. The molecule has 0 atom stereocenters. The van der Waals surface area contributed by atoms with Crippen molar-refractivity contribution in [2.75, 3.05) is 6.26 Å². The molecule has 0 radical (unpaired) electrons. The van der Waals surface area contributed by atoms with Crippen molar-refractivity contribution in [1.29, 1.82) is 5.26 Å². The first-order valence-corrected chi connectivity index (χ1v) is 10.3. The number of hydrogen-bond acceptors (Lipinski definition) is 4. The van der Waals surface area contributed by atoms with Crippen molar-refractivity contribution in [3.63, 3.8) is 0 Å². The predicted octanol–water partition coefficient (Wildman–Crippen LogP) is 3.54. The van der Waals surface area contributed by atoms with Gasteiger partial charge in [0.25, 0.3) is 5.56 Å². The largest absolute Gasteiger partial charge is 0.320 e. The third-order valence-electron chi connectivity index (χ3n) is 4.69. The Morgan fingerprint density at radius 3 is 2.67 bits per heavy atom. The minimum atomic E-state index is -3.42. The zero-order valence-electron chi connectivity index (χ0n) is 14.2. The Kier molecular flexibility index (Phi) is 3.95. The van der Waals surface area contributed by atoms with Crippen molar-refractivity contribution in [2.24, 2.45) is 0 Å². The van der Waals surface area contributed by atoms with Crippen LogP contribution >= 0.6 is 11.6 Å². The molecule has 0 saturated carbocycles. The number of sulfone groups is 1. The molecule has 4 rings (SSSR count). The summed E-state index contributed by atoms with van der Waals surface area (Å²) in [6.07, 6.45) is 1.64. The first-order valence-electron chi connectivity index (χ1n) is 8.08. The molecular formula is C20H13ClN2O3S. The minimum Gasteiger partial charge on any atom is -0.320 e. The number of halogens is 1. The van der Waals surface area contributed by atoms with Crippen LogP contribution in [-0.2, 0) is 16.3 Å². The van der Waals surface area contributed by atoms with Gasteiger partial charge in [0.2, 0.25) is 0 Å². The van der Waals surface area contributed by atoms with Gasteiger partial charge < -0.3 is 4.98 Å². The highest BCUT2D eigenvalue weighted by molar-refractivity contribution is 7.90. The second-order valence-electron chi connectivity index (χ2n) is 6.45. The molecule has 2 aromatic carbocycles. The number of H-pyrrole nitrogens is 1. The summed E-state index contributed by atoms with van der Waals surface area (Å²) in [6.45, 7) is 0. The first-order chi connectivity index (χ1) is 12.8. The van der Waals surface area contributed by atoms with Crippen LogP contribution in [0.5, 0.6) is 0 Å². The van der Waals surface area contributed by atoms with Crippen molar-refractivity contribution < 1.29 is 8.42 Å². The molecule has 27 heavy (non-hydrogen) atoms. The maximum Gasteiger partial charge on any atom is 0.266 e. The van der Waals surface area contributed by atoms with Gasteiger partial charge in [-0.05, 0) is 41.0 Å². The predicted molar refractivity (Wildman–Crippen MR) is 104 cm³/mol. The highest BCUT2D eigenvalue weighted by Crippen LogP contribution is 2.41. The van der Waals surface area contributed by atoms with E-state index in [1.807, 2.05) is 12.1 Å². The Morgan fingerprint density at radius 1 is 1.19 bits per heavy atom. The van der Waals surface area contributed by atoms with Crippen LogP contribution in [0.2, 0.25) is 5.02 Å². The van der Waals surface area contributed by atoms with E-state index >= 15 is 0 Å². The molecule has 1 N–H and O–H groups in total. The fourth-order valence-corrected chi connectivity index (χ4v) is 4.32. The molecule has 1 aliphatic rings. The molecule has 0 bridgehead atoms. The van der Waals surface area contributed by atoms with E-state index in [9.17, 15) is 18.5 Å². The van der Waals surface area contributed by atoms with Crippen molar-refractivity contribution >= 4 is 21.4 Å². The standard InChI is InChI=1S/C20H13ClN2O3S/c1-27(25,26)14-4-2-3-12(7-14)18-16-8-11-5-6-13(21)9-15(11)19(16)23-20(24)17(18)10-22/h2-7,9H,8H2,1H3,(H,23,24). The lowest BCUT2D eigenvalue weighted by atomic mass is 9.94. The van der Waals surface area contributed by atoms with Crippen LogP contribution in [0.3, 0.4) is 0 Å². The molecule has 1 heterocycles. The SMILES string of the molecule is CS(=O)(=O)c1cccc(-c2c3c([nH]c(=O)c2C#N)-c2cc(Cl)ccc2C3)c1. The van der Waals surface area contributed by atoms with Gasteiger partial charge in [0, 0.05) is 28.8 Å². The van der Waals surface area contributed by atoms with Gasteiger partial charge in [0.1, 0.15) is 11.6 Å². The number of aromatic nitrogens is 1. The van der Waals surface area contributed by atoms with Crippen molar-refractivity contribution in [3.05, 3.63) is 74.5 Å². The number of aromatic amines is 1. The molecule has 0 amide bonds. The fraction of sp³-hybridized carbons (Fsp3) is 0.100. The van der Waals surface area contributed by atoms with Crippen molar-refractivity contribution in [1.82, 2.24) is 4.98 Å². The topological polar surface area (TPSA) is 90.8 Å². The zero-order valence-corrected chi connectivity index (χ0v) is 15.8. The second-order valence-corrected chi connectivity index (χ2v) is 8.90. The van der Waals surface area contributed by atoms with Gasteiger partial charge in [0.05, 0.1) is 10.6 Å². The maximum atomic E-state index is 12.6. The average molecular weight is 397 g/mol. The van der Waals surface area contributed by atoms with Crippen molar-refractivity contribution in [2.45, 2.75) is 11.3 Å². The Morgan fingerprint density at radius 2 is 1.96 bits per heavy atom. The van der Waals surface area contributed by atoms with Gasteiger partial charge in [0.15, 0.2) is 9.84 Å². The number of pyridine rings is 1. The summed E-state index contributed by atoms with van der Waals surface area (Å²) >= 11 is 6.10. The summed E-state index contributed by atoms with van der Waals surface area (Å²) in [6, 6.07) is 13.7. The van der Waals surface area contributed by atoms with E-state index in [4.69, 9.17) is 11.6 Å². The lowest BCUT2D eigenvalue weighted by Gasteiger charge is -2.12. The molecule has 7 heteroatoms. The molecule has 0 unspecified atom stereocenters. The molecule has 0 aliphatic heterocycles. The number of fused-ring (bicyclic) bond motifs is 3. The van der Waals surface area contributed by atoms with Crippen LogP contribution in [0.1, 0.15) is 16.7 Å². The first kappa shape index (κ1) is 17.5. The highest BCUT2D eigenvalue weighted by atomic mass is 35.5. The third kappa shape index (κ3) is 2.85. The van der Waals surface area contributed by atoms with Crippen LogP contribution in [0.4, 0.5) is 0 Å². The van der Waals surface area contributed by atoms with E-state index < -0.39 is 15.4 Å². The van der Waals surface area contributed by atoms with E-state index in [2.05, 4.69) is 4.98 Å². The molecule has 3 aromatic rings.